The molecule has 0 saturated carbocycles. The van der Waals surface area contributed by atoms with Crippen molar-refractivity contribution in [3.63, 3.8) is 0 Å². The second-order valence-corrected chi connectivity index (χ2v) is 24.8. The van der Waals surface area contributed by atoms with E-state index in [1.807, 2.05) is 0 Å². The molecule has 2 saturated heterocycles. The van der Waals surface area contributed by atoms with Crippen LogP contribution >= 0.6 is 33.3 Å². The Morgan fingerprint density at radius 2 is 1.03 bits per heavy atom. The molecule has 34 heteroatoms. The van der Waals surface area contributed by atoms with E-state index in [2.05, 4.69) is 37.2 Å². The minimum Gasteiger partial charge on any atom is -0.379 e. The van der Waals surface area contributed by atoms with Gasteiger partial charge >= 0.3 is 0 Å². The van der Waals surface area contributed by atoms with E-state index in [9.17, 15) is 67.1 Å². The van der Waals surface area contributed by atoms with Gasteiger partial charge in [0.05, 0.1) is 111 Å². The first-order chi connectivity index (χ1) is 45.2. The number of amides is 9. The molecule has 0 aromatic heterocycles. The standard InChI is InChI=1S/C60H90N8O23S3/c1-41(69)60(42(2)70,43(3)71)49(73)14-21-84-25-29-88-33-35-90-31-27-86-23-18-64-57(81)46(38-65-54(78)39-91-40-55(79)66-45-8-5-44(6-9-45)7-10-51(75)62-16-11-50(74)61-4)67-53(77)15-36-92-48-37-56(80)68(58(48)82)19-12-52(76)63-17-22-85-26-30-89-34-32-87-28-24-83-20-13-47(72)59-93-94-59/h5-6,8-9,46,48,59H,7,10-40H2,1-4H3,(H,61,74)(H,62,75)(H,63,76)(H,64,81)(H,65,78)(H,66,79)(H,67,77). The average Bonchev–Trinajstić information content (AvgIpc) is 0.850. The zero-order valence-corrected chi connectivity index (χ0v) is 56.2. The predicted octanol–water partition coefficient (Wildman–Crippen LogP) is -1.17. The number of carbonyl (C=O) groups is 14. The van der Waals surface area contributed by atoms with Crippen LogP contribution in [0, 0.1) is 5.41 Å². The molecule has 0 bridgehead atoms. The zero-order valence-electron chi connectivity index (χ0n) is 53.7. The number of carbonyl (C=O) groups excluding carboxylic acids is 14. The topological polar surface area (TPSA) is 410 Å². The van der Waals surface area contributed by atoms with Gasteiger partial charge in [0.2, 0.25) is 58.6 Å². The number of hydrogen-bond donors (Lipinski definition) is 7. The summed E-state index contributed by atoms with van der Waals surface area (Å²) >= 11 is 1.07. The third-order valence-electron chi connectivity index (χ3n) is 13.6. The van der Waals surface area contributed by atoms with Crippen molar-refractivity contribution >= 4 is 121 Å². The maximum absolute atomic E-state index is 13.4. The Bertz CT molecular complexity index is 2600. The molecule has 9 amide bonds. The van der Waals surface area contributed by atoms with Crippen molar-refractivity contribution < 1.29 is 110 Å². The van der Waals surface area contributed by atoms with Crippen molar-refractivity contribution in [2.24, 2.45) is 5.41 Å². The van der Waals surface area contributed by atoms with Crippen LogP contribution in [0.1, 0.15) is 71.3 Å². The molecule has 7 N–H and O–H groups in total. The van der Waals surface area contributed by atoms with Gasteiger partial charge in [0.1, 0.15) is 23.8 Å². The normalized spacial score (nSPS) is 14.0. The third kappa shape index (κ3) is 34.4. The SMILES string of the molecule is CNC(=O)CCNC(=O)CCc1ccc(NC(=O)COCC(=O)NCC(NC(=O)CCSC2CC(=O)N(CCC(=O)NCCOCCOCCOCCOCCC(=O)C3SS3)C2=O)C(=O)NCCOCCOCCOCCOCCC(=O)C(C(C)=O)(C(C)=O)C(C)=O)cc1. The maximum Gasteiger partial charge on any atom is 0.250 e. The fourth-order valence-electron chi connectivity index (χ4n) is 8.60. The van der Waals surface area contributed by atoms with Gasteiger partial charge in [-0.15, -0.1) is 11.8 Å². The van der Waals surface area contributed by atoms with Crippen LogP contribution < -0.4 is 37.2 Å². The number of ketones is 5. The van der Waals surface area contributed by atoms with Gasteiger partial charge in [0.25, 0.3) is 0 Å². The number of Topliss-reactive ketones (excluding diaryl/α,β-unsaturated/α-hetero) is 5. The average molecular weight is 1390 g/mol. The summed E-state index contributed by atoms with van der Waals surface area (Å²) in [6.07, 6.45) is 0.410. The molecule has 94 heavy (non-hydrogen) atoms. The van der Waals surface area contributed by atoms with Crippen LogP contribution in [0.4, 0.5) is 5.69 Å². The number of ether oxygens (including phenoxy) is 9. The molecule has 2 aliphatic rings. The summed E-state index contributed by atoms with van der Waals surface area (Å²) in [7, 11) is 4.64. The molecule has 31 nitrogen and oxygen atoms in total. The molecule has 0 aliphatic carbocycles. The molecule has 2 aliphatic heterocycles. The van der Waals surface area contributed by atoms with Crippen molar-refractivity contribution in [3.8, 4) is 0 Å². The van der Waals surface area contributed by atoms with Crippen LogP contribution in [0.15, 0.2) is 24.3 Å². The molecular weight excluding hydrogens is 1300 g/mol. The van der Waals surface area contributed by atoms with Crippen molar-refractivity contribution in [1.82, 2.24) is 36.8 Å². The van der Waals surface area contributed by atoms with E-state index in [0.29, 0.717) is 58.2 Å². The fraction of sp³-hybridized carbons (Fsp3) is 0.667. The Morgan fingerprint density at radius 3 is 1.57 bits per heavy atom. The molecule has 2 fully saturated rings. The molecular formula is C60H90N8O23S3. The van der Waals surface area contributed by atoms with E-state index < -0.39 is 101 Å². The van der Waals surface area contributed by atoms with Crippen LogP contribution in [-0.4, -0.2) is 267 Å². The minimum atomic E-state index is -2.32. The van der Waals surface area contributed by atoms with Gasteiger partial charge in [-0.05, 0) is 44.9 Å². The van der Waals surface area contributed by atoms with Crippen molar-refractivity contribution in [3.05, 3.63) is 29.8 Å². The Labute approximate surface area is 558 Å². The Hall–Kier alpha value is -6.31. The summed E-state index contributed by atoms with van der Waals surface area (Å²) in [4.78, 5) is 176. The molecule has 2 heterocycles. The highest BCUT2D eigenvalue weighted by Gasteiger charge is 2.51. The number of benzene rings is 1. The highest BCUT2D eigenvalue weighted by atomic mass is 33.2. The molecule has 2 atom stereocenters. The molecule has 1 aromatic carbocycles. The van der Waals surface area contributed by atoms with Crippen LogP contribution in [0.3, 0.4) is 0 Å². The molecule has 526 valence electrons. The van der Waals surface area contributed by atoms with E-state index in [1.54, 1.807) is 45.9 Å². The summed E-state index contributed by atoms with van der Waals surface area (Å²) in [6.45, 7) is 5.35. The Balaban J connectivity index is 1.35. The number of thioether (sulfide) groups is 1. The summed E-state index contributed by atoms with van der Waals surface area (Å²) in [5.41, 5.74) is -1.05. The van der Waals surface area contributed by atoms with Gasteiger partial charge in [-0.3, -0.25) is 72.0 Å². The molecule has 0 radical (unpaired) electrons. The molecule has 0 spiro atoms. The van der Waals surface area contributed by atoms with Gasteiger partial charge in [0.15, 0.2) is 28.9 Å². The van der Waals surface area contributed by atoms with Crippen molar-refractivity contribution in [2.45, 2.75) is 88.0 Å². The summed E-state index contributed by atoms with van der Waals surface area (Å²) < 4.78 is 48.9. The molecule has 3 rings (SSSR count). The number of rotatable bonds is 57. The highest BCUT2D eigenvalue weighted by Crippen LogP contribution is 2.53. The van der Waals surface area contributed by atoms with E-state index in [4.69, 9.17) is 42.6 Å². The van der Waals surface area contributed by atoms with E-state index in [-0.39, 0.29) is 159 Å². The third-order valence-corrected chi connectivity index (χ3v) is 16.9. The Kier molecular flexibility index (Phi) is 42.2. The van der Waals surface area contributed by atoms with E-state index >= 15 is 0 Å². The number of imide groups is 1. The van der Waals surface area contributed by atoms with Gasteiger partial charge in [-0.2, -0.15) is 0 Å². The lowest BCUT2D eigenvalue weighted by Gasteiger charge is -2.23. The van der Waals surface area contributed by atoms with Gasteiger partial charge < -0.3 is 79.8 Å². The second-order valence-electron chi connectivity index (χ2n) is 20.8. The van der Waals surface area contributed by atoms with E-state index in [0.717, 1.165) is 43.0 Å². The lowest BCUT2D eigenvalue weighted by Crippen LogP contribution is -2.53. The van der Waals surface area contributed by atoms with Crippen LogP contribution in [-0.2, 0) is 116 Å². The largest absolute Gasteiger partial charge is 0.379 e. The second kappa shape index (κ2) is 48.4. The number of nitrogens with one attached hydrogen (secondary N) is 7. The lowest BCUT2D eigenvalue weighted by atomic mass is 9.72. The summed E-state index contributed by atoms with van der Waals surface area (Å²) in [5.74, 6) is -7.40. The first-order valence-corrected chi connectivity index (χ1v) is 34.0. The van der Waals surface area contributed by atoms with E-state index in [1.165, 1.54) is 7.05 Å². The van der Waals surface area contributed by atoms with Crippen LogP contribution in [0.5, 0.6) is 0 Å². The Morgan fingerprint density at radius 1 is 0.532 bits per heavy atom. The van der Waals surface area contributed by atoms with Crippen LogP contribution in [0.25, 0.3) is 0 Å². The first kappa shape index (κ1) is 81.9. The van der Waals surface area contributed by atoms with Gasteiger partial charge in [-0.25, -0.2) is 0 Å². The first-order valence-electron chi connectivity index (χ1n) is 30.7. The van der Waals surface area contributed by atoms with Crippen molar-refractivity contribution in [2.75, 3.05) is 170 Å². The number of hydrogen-bond acceptors (Lipinski definition) is 26. The molecule has 2 unspecified atom stereocenters. The lowest BCUT2D eigenvalue weighted by molar-refractivity contribution is -0.154. The van der Waals surface area contributed by atoms with Gasteiger partial charge in [0, 0.05) is 96.2 Å². The number of anilines is 1. The molecule has 1 aromatic rings. The highest BCUT2D eigenvalue weighted by molar-refractivity contribution is 8.93. The quantitative estimate of drug-likeness (QED) is 0.0133. The van der Waals surface area contributed by atoms with Crippen LogP contribution in [0.2, 0.25) is 0 Å². The van der Waals surface area contributed by atoms with Gasteiger partial charge in [-0.1, -0.05) is 33.7 Å². The number of nitrogens with zero attached hydrogens (tertiary/aromatic N) is 1. The maximum atomic E-state index is 13.4. The fourth-order valence-corrected chi connectivity index (χ4v) is 11.0. The predicted molar refractivity (Wildman–Crippen MR) is 343 cm³/mol. The smallest absolute Gasteiger partial charge is 0.250 e. The summed E-state index contributed by atoms with van der Waals surface area (Å²) in [5, 5.41) is 17.4. The van der Waals surface area contributed by atoms with Crippen molar-refractivity contribution in [1.29, 1.82) is 0 Å². The number of aryl methyl sites for hydroxylation is 1. The zero-order chi connectivity index (χ0) is 68.9. The monoisotopic (exact) mass is 1390 g/mol. The number of likely N-dealkylation sites (tertiary alicyclic amines) is 1. The summed E-state index contributed by atoms with van der Waals surface area (Å²) in [6, 6.07) is 5.44. The minimum absolute atomic E-state index is 0.00898.